The van der Waals surface area contributed by atoms with Gasteiger partial charge in [-0.05, 0) is 79.4 Å². The third-order valence-electron chi connectivity index (χ3n) is 6.95. The Morgan fingerprint density at radius 2 is 2.15 bits per heavy atom. The van der Waals surface area contributed by atoms with Crippen molar-refractivity contribution < 1.29 is 14.2 Å². The van der Waals surface area contributed by atoms with Crippen LogP contribution in [0.1, 0.15) is 47.9 Å². The second kappa shape index (κ2) is 11.3. The summed E-state index contributed by atoms with van der Waals surface area (Å²) in [5, 5.41) is 13.0. The summed E-state index contributed by atoms with van der Waals surface area (Å²) in [5.41, 5.74) is 7.71. The first-order valence-electron chi connectivity index (χ1n) is 11.7. The SMILES string of the molecule is COc1ccc2ncc(CN)c([C@@H](F)CCC3(CO)CCN(CC#Cc4cccs4)CC3)c2c1. The van der Waals surface area contributed by atoms with Gasteiger partial charge < -0.3 is 15.6 Å². The minimum atomic E-state index is -1.19. The molecule has 0 unspecified atom stereocenters. The number of methoxy groups -OCH3 is 1. The number of nitrogens with zero attached hydrogens (tertiary/aromatic N) is 2. The van der Waals surface area contributed by atoms with Gasteiger partial charge in [-0.25, -0.2) is 4.39 Å². The lowest BCUT2D eigenvalue weighted by molar-refractivity contribution is 0.0344. The average Bonchev–Trinajstić information content (AvgIpc) is 3.40. The average molecular weight is 482 g/mol. The Hall–Kier alpha value is -2.50. The predicted molar refractivity (Wildman–Crippen MR) is 136 cm³/mol. The van der Waals surface area contributed by atoms with Gasteiger partial charge in [-0.3, -0.25) is 9.88 Å². The molecule has 0 saturated carbocycles. The molecule has 1 atom stereocenters. The molecular formula is C27H32FN3O2S. The molecule has 4 rings (SSSR count). The minimum Gasteiger partial charge on any atom is -0.497 e. The highest BCUT2D eigenvalue weighted by atomic mass is 32.1. The Bertz CT molecular complexity index is 1140. The van der Waals surface area contributed by atoms with Gasteiger partial charge in [0.05, 0.1) is 24.0 Å². The Morgan fingerprint density at radius 3 is 2.82 bits per heavy atom. The number of piperidine rings is 1. The topological polar surface area (TPSA) is 71.6 Å². The highest BCUT2D eigenvalue weighted by molar-refractivity contribution is 7.10. The van der Waals surface area contributed by atoms with Crippen molar-refractivity contribution in [3.8, 4) is 17.6 Å². The fourth-order valence-corrected chi connectivity index (χ4v) is 5.32. The van der Waals surface area contributed by atoms with E-state index in [0.29, 0.717) is 29.7 Å². The van der Waals surface area contributed by atoms with Crippen LogP contribution < -0.4 is 10.5 Å². The van der Waals surface area contributed by atoms with Crippen LogP contribution in [0.3, 0.4) is 0 Å². The standard InChI is InChI=1S/C27H32FN3O2S/c1-33-21-6-7-25-23(16-21)26(20(17-29)18-30-25)24(28)8-9-27(19-32)10-13-31(14-11-27)12-2-4-22-5-3-15-34-22/h3,5-7,15-16,18,24,32H,8-14,17,19,29H2,1H3/t24-/m0/s1. The molecule has 0 radical (unpaired) electrons. The molecule has 180 valence electrons. The van der Waals surface area contributed by atoms with Gasteiger partial charge in [0.15, 0.2) is 0 Å². The molecule has 1 saturated heterocycles. The fraction of sp³-hybridized carbons (Fsp3) is 0.444. The van der Waals surface area contributed by atoms with Crippen LogP contribution in [0, 0.1) is 17.3 Å². The van der Waals surface area contributed by atoms with Crippen LogP contribution >= 0.6 is 11.3 Å². The van der Waals surface area contributed by atoms with Crippen molar-refractivity contribution in [1.29, 1.82) is 0 Å². The van der Waals surface area contributed by atoms with Crippen molar-refractivity contribution in [3.05, 3.63) is 57.9 Å². The van der Waals surface area contributed by atoms with Gasteiger partial charge in [0.1, 0.15) is 11.9 Å². The minimum absolute atomic E-state index is 0.0725. The van der Waals surface area contributed by atoms with Crippen LogP contribution in [0.4, 0.5) is 4.39 Å². The van der Waals surface area contributed by atoms with Gasteiger partial charge in [0.2, 0.25) is 0 Å². The number of pyridine rings is 1. The summed E-state index contributed by atoms with van der Waals surface area (Å²) < 4.78 is 21.1. The van der Waals surface area contributed by atoms with E-state index in [1.54, 1.807) is 24.6 Å². The number of hydrogen-bond acceptors (Lipinski definition) is 6. The zero-order valence-corrected chi connectivity index (χ0v) is 20.4. The highest BCUT2D eigenvalue weighted by Gasteiger charge is 2.35. The van der Waals surface area contributed by atoms with E-state index in [1.165, 1.54) is 0 Å². The van der Waals surface area contributed by atoms with Gasteiger partial charge in [0.25, 0.3) is 0 Å². The summed E-state index contributed by atoms with van der Waals surface area (Å²) in [7, 11) is 1.60. The summed E-state index contributed by atoms with van der Waals surface area (Å²) in [6.07, 6.45) is 3.12. The zero-order chi connectivity index (χ0) is 24.0. The quantitative estimate of drug-likeness (QED) is 0.457. The molecule has 3 aromatic rings. The Morgan fingerprint density at radius 1 is 1.32 bits per heavy atom. The molecule has 1 aliphatic rings. The molecule has 1 fully saturated rings. The number of halogens is 1. The van der Waals surface area contributed by atoms with Crippen molar-refractivity contribution in [2.75, 3.05) is 33.4 Å². The van der Waals surface area contributed by atoms with Crippen LogP contribution in [0.2, 0.25) is 0 Å². The molecule has 1 aromatic carbocycles. The lowest BCUT2D eigenvalue weighted by atomic mass is 9.74. The predicted octanol–water partition coefficient (Wildman–Crippen LogP) is 4.68. The number of ether oxygens (including phenoxy) is 1. The number of likely N-dealkylation sites (tertiary alicyclic amines) is 1. The van der Waals surface area contributed by atoms with Crippen LogP contribution in [-0.2, 0) is 6.54 Å². The maximum absolute atomic E-state index is 15.8. The largest absolute Gasteiger partial charge is 0.497 e. The summed E-state index contributed by atoms with van der Waals surface area (Å²) >= 11 is 1.65. The van der Waals surface area contributed by atoms with Crippen molar-refractivity contribution in [2.45, 2.75) is 38.4 Å². The number of aliphatic hydroxyl groups excluding tert-OH is 1. The van der Waals surface area contributed by atoms with E-state index in [0.717, 1.165) is 48.3 Å². The fourth-order valence-electron chi connectivity index (χ4n) is 4.73. The molecule has 34 heavy (non-hydrogen) atoms. The van der Waals surface area contributed by atoms with Gasteiger partial charge >= 0.3 is 0 Å². The van der Waals surface area contributed by atoms with Crippen molar-refractivity contribution >= 4 is 22.2 Å². The maximum atomic E-state index is 15.8. The molecule has 3 N–H and O–H groups in total. The van der Waals surface area contributed by atoms with Crippen molar-refractivity contribution in [1.82, 2.24) is 9.88 Å². The van der Waals surface area contributed by atoms with Crippen molar-refractivity contribution in [3.63, 3.8) is 0 Å². The molecule has 0 bridgehead atoms. The van der Waals surface area contributed by atoms with Crippen molar-refractivity contribution in [2.24, 2.45) is 11.1 Å². The van der Waals surface area contributed by atoms with Gasteiger partial charge in [-0.1, -0.05) is 17.9 Å². The number of aromatic nitrogens is 1. The van der Waals surface area contributed by atoms with E-state index in [9.17, 15) is 5.11 Å². The monoisotopic (exact) mass is 481 g/mol. The lowest BCUT2D eigenvalue weighted by Crippen LogP contribution is -2.42. The molecule has 3 heterocycles. The van der Waals surface area contributed by atoms with Gasteiger partial charge in [0, 0.05) is 30.3 Å². The normalized spacial score (nSPS) is 16.7. The summed E-state index contributed by atoms with van der Waals surface area (Å²) in [6.45, 7) is 2.74. The molecule has 1 aliphatic heterocycles. The molecule has 0 spiro atoms. The number of benzene rings is 1. The summed E-state index contributed by atoms with van der Waals surface area (Å²) in [6, 6.07) is 9.53. The maximum Gasteiger partial charge on any atom is 0.126 e. The Labute approximate surface area is 204 Å². The first-order valence-corrected chi connectivity index (χ1v) is 12.6. The number of hydrogen-bond donors (Lipinski definition) is 2. The van der Waals surface area contributed by atoms with Crippen LogP contribution in [0.15, 0.2) is 41.9 Å². The Kier molecular flexibility index (Phi) is 8.17. The number of aliphatic hydroxyl groups is 1. The number of nitrogens with two attached hydrogens (primary N) is 1. The molecular weight excluding hydrogens is 449 g/mol. The number of rotatable bonds is 8. The number of thiophene rings is 1. The summed E-state index contributed by atoms with van der Waals surface area (Å²) in [5.74, 6) is 7.12. The summed E-state index contributed by atoms with van der Waals surface area (Å²) in [4.78, 5) is 7.83. The van der Waals surface area contributed by atoms with E-state index in [1.807, 2.05) is 35.7 Å². The van der Waals surface area contributed by atoms with E-state index in [2.05, 4.69) is 21.7 Å². The van der Waals surface area contributed by atoms with Gasteiger partial charge in [-0.15, -0.1) is 11.3 Å². The van der Waals surface area contributed by atoms with Crippen LogP contribution in [0.25, 0.3) is 10.9 Å². The Balaban J connectivity index is 1.42. The number of fused-ring (bicyclic) bond motifs is 1. The molecule has 0 aliphatic carbocycles. The second-order valence-corrected chi connectivity index (χ2v) is 9.95. The first kappa shape index (κ1) is 24.6. The van der Waals surface area contributed by atoms with E-state index < -0.39 is 6.17 Å². The molecule has 7 heteroatoms. The van der Waals surface area contributed by atoms with Crippen LogP contribution in [-0.4, -0.2) is 48.3 Å². The lowest BCUT2D eigenvalue weighted by Gasteiger charge is -2.40. The molecule has 0 amide bonds. The van der Waals surface area contributed by atoms with E-state index in [-0.39, 0.29) is 18.6 Å². The highest BCUT2D eigenvalue weighted by Crippen LogP contribution is 2.41. The van der Waals surface area contributed by atoms with E-state index in [4.69, 9.17) is 10.5 Å². The third-order valence-corrected chi connectivity index (χ3v) is 7.73. The second-order valence-electron chi connectivity index (χ2n) is 9.00. The number of alkyl halides is 1. The smallest absolute Gasteiger partial charge is 0.126 e. The van der Waals surface area contributed by atoms with Crippen LogP contribution in [0.5, 0.6) is 5.75 Å². The molecule has 2 aromatic heterocycles. The zero-order valence-electron chi connectivity index (χ0n) is 19.6. The van der Waals surface area contributed by atoms with Gasteiger partial charge in [-0.2, -0.15) is 0 Å². The first-order chi connectivity index (χ1) is 16.6. The third kappa shape index (κ3) is 5.59. The molecule has 5 nitrogen and oxygen atoms in total. The van der Waals surface area contributed by atoms with E-state index >= 15 is 4.39 Å².